The van der Waals surface area contributed by atoms with Crippen LogP contribution in [0.5, 0.6) is 0 Å². The Hall–Kier alpha value is -3.27. The average molecular weight is 400 g/mol. The molecule has 3 aromatic rings. The molecule has 0 bridgehead atoms. The Kier molecular flexibility index (Phi) is 5.92. The van der Waals surface area contributed by atoms with Gasteiger partial charge in [0.2, 0.25) is 0 Å². The maximum absolute atomic E-state index is 14.5. The first-order chi connectivity index (χ1) is 13.8. The molecule has 0 spiro atoms. The van der Waals surface area contributed by atoms with Gasteiger partial charge < -0.3 is 22.1 Å². The molecule has 3 heterocycles. The summed E-state index contributed by atoms with van der Waals surface area (Å²) in [5.74, 6) is -1.38. The van der Waals surface area contributed by atoms with Gasteiger partial charge in [-0.1, -0.05) is 6.92 Å². The van der Waals surface area contributed by atoms with Gasteiger partial charge in [0.1, 0.15) is 5.82 Å². The lowest BCUT2D eigenvalue weighted by molar-refractivity contribution is 0.100. The average Bonchev–Trinajstić information content (AvgIpc) is 3.13. The summed E-state index contributed by atoms with van der Waals surface area (Å²) < 4.78 is 16.3. The Morgan fingerprint density at radius 1 is 1.28 bits per heavy atom. The van der Waals surface area contributed by atoms with Crippen LogP contribution in [0, 0.1) is 5.82 Å². The van der Waals surface area contributed by atoms with Crippen molar-refractivity contribution < 1.29 is 9.18 Å². The van der Waals surface area contributed by atoms with E-state index in [4.69, 9.17) is 11.5 Å². The normalized spacial score (nSPS) is 13.3. The molecule has 0 radical (unpaired) electrons. The second kappa shape index (κ2) is 8.39. The predicted molar refractivity (Wildman–Crippen MR) is 111 cm³/mol. The summed E-state index contributed by atoms with van der Waals surface area (Å²) in [5.41, 5.74) is 12.8. The van der Waals surface area contributed by atoms with E-state index in [0.29, 0.717) is 12.2 Å². The fraction of sp³-hybridized carbons (Fsp3) is 0.368. The summed E-state index contributed by atoms with van der Waals surface area (Å²) in [7, 11) is 0. The van der Waals surface area contributed by atoms with Gasteiger partial charge in [-0.25, -0.2) is 9.37 Å². The first kappa shape index (κ1) is 20.5. The lowest BCUT2D eigenvalue weighted by Crippen LogP contribution is -2.38. The summed E-state index contributed by atoms with van der Waals surface area (Å²) in [5, 5.41) is 11.1. The molecule has 0 aromatic carbocycles. The standard InChI is InChI=1S/C19H25FN8O/c1-4-14(21)10(3)25-19-13(20)6-11(17(22)29)18(27-19)26-15-8-23-9-16-12(15)7-24-28(16)5-2/h6-10,14H,4-5,21H2,1-3H3,(H2,22,29)(H2,25,26,27)/t10-,14+/m1/s1. The first-order valence-electron chi connectivity index (χ1n) is 9.44. The smallest absolute Gasteiger partial charge is 0.252 e. The second-order valence-corrected chi connectivity index (χ2v) is 6.79. The molecule has 3 aromatic heterocycles. The molecule has 0 aliphatic rings. The highest BCUT2D eigenvalue weighted by Crippen LogP contribution is 2.28. The number of aryl methyl sites for hydroxylation is 1. The van der Waals surface area contributed by atoms with Crippen molar-refractivity contribution in [1.82, 2.24) is 19.7 Å². The zero-order valence-electron chi connectivity index (χ0n) is 16.6. The largest absolute Gasteiger partial charge is 0.365 e. The van der Waals surface area contributed by atoms with Gasteiger partial charge in [0.15, 0.2) is 11.6 Å². The Balaban J connectivity index is 2.02. The molecule has 29 heavy (non-hydrogen) atoms. The number of aromatic nitrogens is 4. The number of nitrogens with zero attached hydrogens (tertiary/aromatic N) is 4. The molecule has 0 aliphatic carbocycles. The zero-order chi connectivity index (χ0) is 21.1. The minimum Gasteiger partial charge on any atom is -0.365 e. The number of nitrogens with two attached hydrogens (primary N) is 2. The molecule has 9 nitrogen and oxygen atoms in total. The fourth-order valence-electron chi connectivity index (χ4n) is 3.02. The third kappa shape index (κ3) is 4.11. The van der Waals surface area contributed by atoms with Gasteiger partial charge in [-0.05, 0) is 26.3 Å². The van der Waals surface area contributed by atoms with Crippen molar-refractivity contribution in [1.29, 1.82) is 0 Å². The SMILES string of the molecule is CC[C@H](N)[C@@H](C)Nc1nc(Nc2cncc3c2cnn3CC)c(C(N)=O)cc1F. The third-order valence-corrected chi connectivity index (χ3v) is 4.84. The molecule has 0 aliphatic heterocycles. The van der Waals surface area contributed by atoms with E-state index in [2.05, 4.69) is 25.7 Å². The van der Waals surface area contributed by atoms with E-state index in [1.54, 1.807) is 23.3 Å². The summed E-state index contributed by atoms with van der Waals surface area (Å²) in [6.45, 7) is 6.44. The Morgan fingerprint density at radius 3 is 2.69 bits per heavy atom. The molecular weight excluding hydrogens is 375 g/mol. The van der Waals surface area contributed by atoms with Gasteiger partial charge in [0, 0.05) is 24.0 Å². The number of amides is 1. The monoisotopic (exact) mass is 400 g/mol. The van der Waals surface area contributed by atoms with Crippen LogP contribution in [0.15, 0.2) is 24.7 Å². The number of fused-ring (bicyclic) bond motifs is 1. The van der Waals surface area contributed by atoms with Crippen LogP contribution >= 0.6 is 0 Å². The van der Waals surface area contributed by atoms with Gasteiger partial charge in [-0.15, -0.1) is 0 Å². The minimum absolute atomic E-state index is 0.0155. The van der Waals surface area contributed by atoms with Crippen LogP contribution in [-0.4, -0.2) is 37.7 Å². The summed E-state index contributed by atoms with van der Waals surface area (Å²) >= 11 is 0. The number of halogens is 1. The Labute approximate surface area is 167 Å². The molecule has 0 saturated heterocycles. The molecule has 6 N–H and O–H groups in total. The predicted octanol–water partition coefficient (Wildman–Crippen LogP) is 2.37. The van der Waals surface area contributed by atoms with Crippen molar-refractivity contribution >= 4 is 34.1 Å². The molecule has 10 heteroatoms. The topological polar surface area (TPSA) is 137 Å². The van der Waals surface area contributed by atoms with E-state index < -0.39 is 11.7 Å². The van der Waals surface area contributed by atoms with Crippen molar-refractivity contribution in [3.63, 3.8) is 0 Å². The lowest BCUT2D eigenvalue weighted by Gasteiger charge is -2.21. The van der Waals surface area contributed by atoms with Crippen molar-refractivity contribution in [3.8, 4) is 0 Å². The van der Waals surface area contributed by atoms with Gasteiger partial charge in [0.25, 0.3) is 5.91 Å². The first-order valence-corrected chi connectivity index (χ1v) is 9.44. The number of carbonyl (C=O) groups is 1. The van der Waals surface area contributed by atoms with E-state index in [-0.39, 0.29) is 29.3 Å². The van der Waals surface area contributed by atoms with Crippen LogP contribution in [0.2, 0.25) is 0 Å². The number of anilines is 3. The van der Waals surface area contributed by atoms with Gasteiger partial charge in [-0.3, -0.25) is 14.5 Å². The Morgan fingerprint density at radius 2 is 2.03 bits per heavy atom. The van der Waals surface area contributed by atoms with E-state index in [1.165, 1.54) is 0 Å². The molecule has 1 amide bonds. The van der Waals surface area contributed by atoms with E-state index >= 15 is 0 Å². The number of pyridine rings is 2. The molecular formula is C19H25FN8O. The van der Waals surface area contributed by atoms with E-state index in [0.717, 1.165) is 23.4 Å². The van der Waals surface area contributed by atoms with Crippen molar-refractivity contribution in [2.24, 2.45) is 11.5 Å². The van der Waals surface area contributed by atoms with Crippen LogP contribution in [-0.2, 0) is 6.54 Å². The molecule has 2 atom stereocenters. The number of nitrogens with one attached hydrogen (secondary N) is 2. The van der Waals surface area contributed by atoms with Gasteiger partial charge in [0.05, 0.1) is 35.4 Å². The van der Waals surface area contributed by atoms with Crippen LogP contribution in [0.4, 0.5) is 21.7 Å². The van der Waals surface area contributed by atoms with Crippen LogP contribution in [0.3, 0.4) is 0 Å². The molecule has 0 saturated carbocycles. The lowest BCUT2D eigenvalue weighted by atomic mass is 10.1. The molecule has 3 rings (SSSR count). The number of carbonyl (C=O) groups excluding carboxylic acids is 1. The van der Waals surface area contributed by atoms with Crippen molar-refractivity contribution in [2.45, 2.75) is 45.8 Å². The summed E-state index contributed by atoms with van der Waals surface area (Å²) in [6.07, 6.45) is 5.70. The minimum atomic E-state index is -0.798. The van der Waals surface area contributed by atoms with Crippen LogP contribution in [0.1, 0.15) is 37.6 Å². The zero-order valence-corrected chi connectivity index (χ0v) is 16.6. The van der Waals surface area contributed by atoms with E-state index in [1.807, 2.05) is 20.8 Å². The highest BCUT2D eigenvalue weighted by Gasteiger charge is 2.20. The molecule has 0 fully saturated rings. The van der Waals surface area contributed by atoms with Gasteiger partial charge in [-0.2, -0.15) is 5.10 Å². The summed E-state index contributed by atoms with van der Waals surface area (Å²) in [6, 6.07) is 0.663. The number of primary amides is 1. The Bertz CT molecular complexity index is 1030. The maximum Gasteiger partial charge on any atom is 0.252 e. The van der Waals surface area contributed by atoms with Crippen molar-refractivity contribution in [3.05, 3.63) is 36.0 Å². The highest BCUT2D eigenvalue weighted by atomic mass is 19.1. The van der Waals surface area contributed by atoms with E-state index in [9.17, 15) is 9.18 Å². The van der Waals surface area contributed by atoms with Crippen molar-refractivity contribution in [2.75, 3.05) is 10.6 Å². The third-order valence-electron chi connectivity index (χ3n) is 4.84. The fourth-order valence-corrected chi connectivity index (χ4v) is 3.02. The molecule has 0 unspecified atom stereocenters. The number of hydrogen-bond donors (Lipinski definition) is 4. The quantitative estimate of drug-likeness (QED) is 0.455. The molecule has 154 valence electrons. The summed E-state index contributed by atoms with van der Waals surface area (Å²) in [4.78, 5) is 20.4. The number of rotatable bonds is 8. The second-order valence-electron chi connectivity index (χ2n) is 6.79. The van der Waals surface area contributed by atoms with Crippen LogP contribution in [0.25, 0.3) is 10.9 Å². The van der Waals surface area contributed by atoms with Crippen LogP contribution < -0.4 is 22.1 Å². The maximum atomic E-state index is 14.5. The number of hydrogen-bond acceptors (Lipinski definition) is 7. The van der Waals surface area contributed by atoms with Gasteiger partial charge >= 0.3 is 0 Å². The highest BCUT2D eigenvalue weighted by molar-refractivity contribution is 6.00.